The van der Waals surface area contributed by atoms with Crippen LogP contribution in [0.4, 0.5) is 0 Å². The van der Waals surface area contributed by atoms with E-state index >= 15 is 0 Å². The Labute approximate surface area is 105 Å². The van der Waals surface area contributed by atoms with Crippen LogP contribution in [-0.2, 0) is 6.54 Å². The van der Waals surface area contributed by atoms with E-state index in [0.29, 0.717) is 10.7 Å². The summed E-state index contributed by atoms with van der Waals surface area (Å²) in [6.45, 7) is 4.77. The van der Waals surface area contributed by atoms with Crippen LogP contribution < -0.4 is 0 Å². The van der Waals surface area contributed by atoms with Crippen molar-refractivity contribution in [2.24, 2.45) is 0 Å². The van der Waals surface area contributed by atoms with Crippen LogP contribution in [-0.4, -0.2) is 14.8 Å². The Morgan fingerprint density at radius 2 is 2.24 bits per heavy atom. The zero-order valence-corrected chi connectivity index (χ0v) is 10.5. The summed E-state index contributed by atoms with van der Waals surface area (Å²) in [5.74, 6) is 2.48. The van der Waals surface area contributed by atoms with Crippen molar-refractivity contribution in [3.05, 3.63) is 34.7 Å². The molecule has 0 unspecified atom stereocenters. The molecule has 0 N–H and O–H groups in total. The lowest BCUT2D eigenvalue weighted by Gasteiger charge is -1.97. The fraction of sp³-hybridized carbons (Fsp3) is 0.231. The number of pyridine rings is 1. The van der Waals surface area contributed by atoms with E-state index in [1.165, 1.54) is 0 Å². The lowest BCUT2D eigenvalue weighted by molar-refractivity contribution is 0.642. The summed E-state index contributed by atoms with van der Waals surface area (Å²) in [5, 5.41) is 5.12. The first kappa shape index (κ1) is 11.7. The molecule has 0 bridgehead atoms. The predicted octanol–water partition coefficient (Wildman–Crippen LogP) is 2.91. The van der Waals surface area contributed by atoms with Crippen molar-refractivity contribution < 1.29 is 0 Å². The number of terminal acetylenes is 1. The summed E-state index contributed by atoms with van der Waals surface area (Å²) in [6, 6.07) is 3.67. The number of halogens is 1. The summed E-state index contributed by atoms with van der Waals surface area (Å²) < 4.78 is 1.87. The first-order valence-corrected chi connectivity index (χ1v) is 5.71. The van der Waals surface area contributed by atoms with Gasteiger partial charge in [-0.25, -0.2) is 4.98 Å². The largest absolute Gasteiger partial charge is 0.268 e. The van der Waals surface area contributed by atoms with E-state index < -0.39 is 0 Å². The molecule has 0 saturated heterocycles. The zero-order chi connectivity index (χ0) is 12.4. The predicted molar refractivity (Wildman–Crippen MR) is 68.8 cm³/mol. The summed E-state index contributed by atoms with van der Waals surface area (Å²) >= 11 is 6.25. The zero-order valence-electron chi connectivity index (χ0n) is 9.74. The van der Waals surface area contributed by atoms with Gasteiger partial charge in [0.1, 0.15) is 11.4 Å². The highest BCUT2D eigenvalue weighted by Gasteiger charge is 2.13. The molecule has 0 fully saturated rings. The molecule has 0 aromatic carbocycles. The highest BCUT2D eigenvalue weighted by molar-refractivity contribution is 6.33. The average molecular weight is 246 g/mol. The topological polar surface area (TPSA) is 30.7 Å². The Bertz CT molecular complexity index is 576. The normalized spacial score (nSPS) is 10.2. The second kappa shape index (κ2) is 4.60. The number of hydrogen-bond donors (Lipinski definition) is 0. The van der Waals surface area contributed by atoms with E-state index in [2.05, 4.69) is 16.0 Å². The second-order valence-electron chi connectivity index (χ2n) is 3.64. The monoisotopic (exact) mass is 245 g/mol. The lowest BCUT2D eigenvalue weighted by Crippen LogP contribution is -1.98. The van der Waals surface area contributed by atoms with E-state index in [1.807, 2.05) is 24.6 Å². The molecular formula is C13H12ClN3. The number of hydrogen-bond acceptors (Lipinski definition) is 2. The molecule has 86 valence electrons. The van der Waals surface area contributed by atoms with Crippen molar-refractivity contribution in [1.29, 1.82) is 0 Å². The fourth-order valence-corrected chi connectivity index (χ4v) is 1.88. The van der Waals surface area contributed by atoms with Gasteiger partial charge in [-0.3, -0.25) is 4.68 Å². The van der Waals surface area contributed by atoms with Gasteiger partial charge in [0.25, 0.3) is 0 Å². The maximum absolute atomic E-state index is 6.25. The molecule has 0 atom stereocenters. The molecule has 0 spiro atoms. The Morgan fingerprint density at radius 1 is 1.47 bits per heavy atom. The molecule has 2 aromatic rings. The maximum atomic E-state index is 6.25. The van der Waals surface area contributed by atoms with Crippen molar-refractivity contribution in [3.8, 4) is 23.6 Å². The van der Waals surface area contributed by atoms with Gasteiger partial charge >= 0.3 is 0 Å². The van der Waals surface area contributed by atoms with E-state index in [-0.39, 0.29) is 0 Å². The Kier molecular flexibility index (Phi) is 3.16. The van der Waals surface area contributed by atoms with Crippen LogP contribution in [0.25, 0.3) is 11.3 Å². The first-order chi connectivity index (χ1) is 8.17. The molecular weight excluding hydrogens is 234 g/mol. The van der Waals surface area contributed by atoms with E-state index in [9.17, 15) is 0 Å². The quantitative estimate of drug-likeness (QED) is 0.762. The highest BCUT2D eigenvalue weighted by Crippen LogP contribution is 2.29. The molecule has 4 heteroatoms. The van der Waals surface area contributed by atoms with Gasteiger partial charge in [-0.2, -0.15) is 5.10 Å². The summed E-state index contributed by atoms with van der Waals surface area (Å²) in [6.07, 6.45) is 6.96. The molecule has 0 radical (unpaired) electrons. The smallest absolute Gasteiger partial charge is 0.113 e. The summed E-state index contributed by atoms with van der Waals surface area (Å²) in [5.41, 5.74) is 3.20. The van der Waals surface area contributed by atoms with Crippen LogP contribution in [0.1, 0.15) is 18.3 Å². The Morgan fingerprint density at radius 3 is 2.71 bits per heavy atom. The number of aryl methyl sites for hydroxylation is 1. The third kappa shape index (κ3) is 2.04. The molecule has 0 amide bonds. The third-order valence-electron chi connectivity index (χ3n) is 2.62. The minimum Gasteiger partial charge on any atom is -0.268 e. The fourth-order valence-electron chi connectivity index (χ4n) is 1.64. The van der Waals surface area contributed by atoms with Gasteiger partial charge < -0.3 is 0 Å². The van der Waals surface area contributed by atoms with Gasteiger partial charge in [-0.1, -0.05) is 17.5 Å². The van der Waals surface area contributed by atoms with Crippen molar-refractivity contribution in [3.63, 3.8) is 0 Å². The van der Waals surface area contributed by atoms with Crippen molar-refractivity contribution >= 4 is 11.6 Å². The summed E-state index contributed by atoms with van der Waals surface area (Å²) in [4.78, 5) is 4.14. The second-order valence-corrected chi connectivity index (χ2v) is 4.02. The summed E-state index contributed by atoms with van der Waals surface area (Å²) in [7, 11) is 0. The first-order valence-electron chi connectivity index (χ1n) is 5.33. The number of rotatable bonds is 2. The third-order valence-corrected chi connectivity index (χ3v) is 3.07. The molecule has 0 aliphatic carbocycles. The molecule has 2 rings (SSSR count). The van der Waals surface area contributed by atoms with Gasteiger partial charge in [0, 0.05) is 18.3 Å². The number of aromatic nitrogens is 3. The van der Waals surface area contributed by atoms with Crippen molar-refractivity contribution in [2.75, 3.05) is 0 Å². The van der Waals surface area contributed by atoms with Gasteiger partial charge in [-0.05, 0) is 26.0 Å². The molecule has 0 saturated carbocycles. The SMILES string of the molecule is C#Cc1ccc(-c2nn(CC)c(C)c2Cl)cn1. The van der Waals surface area contributed by atoms with E-state index in [0.717, 1.165) is 23.5 Å². The van der Waals surface area contributed by atoms with Crippen molar-refractivity contribution in [2.45, 2.75) is 20.4 Å². The molecule has 0 aliphatic rings. The van der Waals surface area contributed by atoms with Crippen LogP contribution in [0.15, 0.2) is 18.3 Å². The minimum absolute atomic E-state index is 0.608. The van der Waals surface area contributed by atoms with Crippen LogP contribution in [0.5, 0.6) is 0 Å². The minimum atomic E-state index is 0.608. The van der Waals surface area contributed by atoms with Crippen molar-refractivity contribution in [1.82, 2.24) is 14.8 Å². The van der Waals surface area contributed by atoms with Gasteiger partial charge in [0.15, 0.2) is 0 Å². The van der Waals surface area contributed by atoms with Crippen LogP contribution >= 0.6 is 11.6 Å². The Balaban J connectivity index is 2.49. The van der Waals surface area contributed by atoms with Gasteiger partial charge in [-0.15, -0.1) is 6.42 Å². The lowest BCUT2D eigenvalue weighted by atomic mass is 10.2. The van der Waals surface area contributed by atoms with Crippen LogP contribution in [0.2, 0.25) is 5.02 Å². The van der Waals surface area contributed by atoms with E-state index in [1.54, 1.807) is 12.3 Å². The molecule has 17 heavy (non-hydrogen) atoms. The maximum Gasteiger partial charge on any atom is 0.113 e. The van der Waals surface area contributed by atoms with E-state index in [4.69, 9.17) is 18.0 Å². The van der Waals surface area contributed by atoms with Gasteiger partial charge in [0.2, 0.25) is 0 Å². The average Bonchev–Trinajstić information content (AvgIpc) is 2.66. The highest BCUT2D eigenvalue weighted by atomic mass is 35.5. The molecule has 2 heterocycles. The molecule has 2 aromatic heterocycles. The number of nitrogens with zero attached hydrogens (tertiary/aromatic N) is 3. The molecule has 3 nitrogen and oxygen atoms in total. The van der Waals surface area contributed by atoms with Crippen LogP contribution in [0, 0.1) is 19.3 Å². The molecule has 0 aliphatic heterocycles. The standard InChI is InChI=1S/C13H12ClN3/c1-4-11-7-6-10(8-15-11)13-12(14)9(3)17(5-2)16-13/h1,6-8H,5H2,2-3H3. The van der Waals surface area contributed by atoms with Gasteiger partial charge in [0.05, 0.1) is 10.7 Å². The van der Waals surface area contributed by atoms with Crippen LogP contribution in [0.3, 0.4) is 0 Å². The Hall–Kier alpha value is -1.79.